The second kappa shape index (κ2) is 9.97. The number of aliphatic carboxylic acids is 1. The molecule has 3 amide bonds. The molecule has 7 N–H and O–H groups in total. The van der Waals surface area contributed by atoms with Crippen molar-refractivity contribution in [2.45, 2.75) is 25.0 Å². The number of rotatable bonds is 9. The highest BCUT2D eigenvalue weighted by Crippen LogP contribution is 1.88. The third-order valence-corrected chi connectivity index (χ3v) is 2.92. The third kappa shape index (κ3) is 7.24. The van der Waals surface area contributed by atoms with E-state index in [1.54, 1.807) is 0 Å². The Bertz CT molecular complexity index is 433. The van der Waals surface area contributed by atoms with Gasteiger partial charge < -0.3 is 31.9 Å². The van der Waals surface area contributed by atoms with Gasteiger partial charge in [0.1, 0.15) is 12.1 Å². The summed E-state index contributed by atoms with van der Waals surface area (Å²) in [5.41, 5.74) is 5.39. The first-order valence-electron chi connectivity index (χ1n) is 6.30. The molecular formula is C11H20N4O6S. The second-order valence-electron chi connectivity index (χ2n) is 4.38. The summed E-state index contributed by atoms with van der Waals surface area (Å²) >= 11 is 3.83. The number of carbonyl (C=O) groups excluding carboxylic acids is 3. The lowest BCUT2D eigenvalue weighted by molar-refractivity contribution is -0.143. The topological polar surface area (TPSA) is 171 Å². The van der Waals surface area contributed by atoms with E-state index in [9.17, 15) is 19.2 Å². The maximum atomic E-state index is 11.6. The zero-order valence-corrected chi connectivity index (χ0v) is 12.8. The Balaban J connectivity index is 4.27. The molecule has 0 heterocycles. The summed E-state index contributed by atoms with van der Waals surface area (Å²) < 4.78 is 0. The highest BCUT2D eigenvalue weighted by molar-refractivity contribution is 7.80. The first kappa shape index (κ1) is 20.1. The van der Waals surface area contributed by atoms with Gasteiger partial charge in [-0.2, -0.15) is 12.6 Å². The van der Waals surface area contributed by atoms with Crippen molar-refractivity contribution in [2.24, 2.45) is 5.73 Å². The summed E-state index contributed by atoms with van der Waals surface area (Å²) in [4.78, 5) is 45.1. The highest BCUT2D eigenvalue weighted by atomic mass is 32.1. The van der Waals surface area contributed by atoms with E-state index in [1.807, 2.05) is 5.32 Å². The Morgan fingerprint density at radius 2 is 1.77 bits per heavy atom. The van der Waals surface area contributed by atoms with Gasteiger partial charge in [0.15, 0.2) is 0 Å². The lowest BCUT2D eigenvalue weighted by Gasteiger charge is -2.17. The molecule has 0 fully saturated rings. The Morgan fingerprint density at radius 1 is 1.18 bits per heavy atom. The van der Waals surface area contributed by atoms with Gasteiger partial charge in [-0.3, -0.25) is 14.4 Å². The molecule has 3 unspecified atom stereocenters. The van der Waals surface area contributed by atoms with Crippen LogP contribution in [0.25, 0.3) is 0 Å². The molecule has 0 aromatic carbocycles. The smallest absolute Gasteiger partial charge is 0.328 e. The van der Waals surface area contributed by atoms with Crippen molar-refractivity contribution < 1.29 is 29.4 Å². The quantitative estimate of drug-likeness (QED) is 0.213. The molecular weight excluding hydrogens is 316 g/mol. The van der Waals surface area contributed by atoms with Crippen molar-refractivity contribution in [1.82, 2.24) is 16.0 Å². The third-order valence-electron chi connectivity index (χ3n) is 2.52. The van der Waals surface area contributed by atoms with Gasteiger partial charge in [0.05, 0.1) is 19.2 Å². The van der Waals surface area contributed by atoms with Crippen LogP contribution < -0.4 is 21.7 Å². The van der Waals surface area contributed by atoms with Crippen LogP contribution in [0, 0.1) is 0 Å². The van der Waals surface area contributed by atoms with Gasteiger partial charge in [0.25, 0.3) is 0 Å². The van der Waals surface area contributed by atoms with Crippen LogP contribution in [0.15, 0.2) is 0 Å². The predicted octanol–water partition coefficient (Wildman–Crippen LogP) is -3.57. The van der Waals surface area contributed by atoms with Crippen LogP contribution in [-0.2, 0) is 19.2 Å². The molecule has 10 nitrogen and oxygen atoms in total. The fourth-order valence-electron chi connectivity index (χ4n) is 1.22. The Kier molecular flexibility index (Phi) is 9.13. The number of hydrogen-bond acceptors (Lipinski definition) is 7. The summed E-state index contributed by atoms with van der Waals surface area (Å²) in [5.74, 6) is -3.29. The summed E-state index contributed by atoms with van der Waals surface area (Å²) in [6, 6.07) is -3.35. The Hall–Kier alpha value is -1.85. The molecule has 0 saturated carbocycles. The number of nitrogens with one attached hydrogen (secondary N) is 3. The van der Waals surface area contributed by atoms with Gasteiger partial charge in [0.2, 0.25) is 17.7 Å². The van der Waals surface area contributed by atoms with E-state index in [0.29, 0.717) is 0 Å². The summed E-state index contributed by atoms with van der Waals surface area (Å²) in [5, 5.41) is 24.0. The number of carbonyl (C=O) groups is 4. The van der Waals surface area contributed by atoms with Gasteiger partial charge in [-0.15, -0.1) is 0 Å². The van der Waals surface area contributed by atoms with E-state index in [4.69, 9.17) is 15.9 Å². The fourth-order valence-corrected chi connectivity index (χ4v) is 1.39. The molecule has 0 radical (unpaired) electrons. The molecule has 0 spiro atoms. The molecule has 0 rings (SSSR count). The lowest BCUT2D eigenvalue weighted by Crippen LogP contribution is -2.53. The molecule has 0 aliphatic rings. The molecule has 0 aromatic heterocycles. The van der Waals surface area contributed by atoms with E-state index in [1.165, 1.54) is 6.92 Å². The molecule has 3 atom stereocenters. The molecule has 0 bridgehead atoms. The number of carboxylic acid groups (broad SMARTS) is 1. The first-order valence-corrected chi connectivity index (χ1v) is 6.93. The number of aliphatic hydroxyl groups is 1. The Labute approximate surface area is 132 Å². The van der Waals surface area contributed by atoms with Crippen molar-refractivity contribution >= 4 is 36.3 Å². The normalized spacial score (nSPS) is 14.4. The second-order valence-corrected chi connectivity index (χ2v) is 4.74. The van der Waals surface area contributed by atoms with Gasteiger partial charge in [0, 0.05) is 5.75 Å². The SMILES string of the molecule is CC(NC(=O)CNC(=O)C(N)CS)C(=O)NC(CO)C(=O)O. The predicted molar refractivity (Wildman–Crippen MR) is 79.1 cm³/mol. The van der Waals surface area contributed by atoms with Gasteiger partial charge in [-0.1, -0.05) is 0 Å². The number of thiol groups is 1. The van der Waals surface area contributed by atoms with Crippen molar-refractivity contribution in [3.63, 3.8) is 0 Å². The van der Waals surface area contributed by atoms with Crippen LogP contribution in [0.1, 0.15) is 6.92 Å². The standard InChI is InChI=1S/C11H20N4O6S/c1-5(9(18)15-7(3-16)11(20)21)14-8(17)2-13-10(19)6(12)4-22/h5-7,16,22H,2-4,12H2,1H3,(H,13,19)(H,14,17)(H,15,18)(H,20,21). The van der Waals surface area contributed by atoms with Gasteiger partial charge in [-0.25, -0.2) is 4.79 Å². The fraction of sp³-hybridized carbons (Fsp3) is 0.636. The van der Waals surface area contributed by atoms with E-state index in [0.717, 1.165) is 0 Å². The van der Waals surface area contributed by atoms with Crippen LogP contribution in [0.4, 0.5) is 0 Å². The zero-order chi connectivity index (χ0) is 17.3. The number of carboxylic acids is 1. The first-order chi connectivity index (χ1) is 10.2. The van der Waals surface area contributed by atoms with E-state index in [-0.39, 0.29) is 12.3 Å². The van der Waals surface area contributed by atoms with Crippen LogP contribution in [0.5, 0.6) is 0 Å². The van der Waals surface area contributed by atoms with Crippen molar-refractivity contribution in [3.8, 4) is 0 Å². The lowest BCUT2D eigenvalue weighted by atomic mass is 10.2. The van der Waals surface area contributed by atoms with Crippen molar-refractivity contribution in [1.29, 1.82) is 0 Å². The summed E-state index contributed by atoms with van der Waals surface area (Å²) in [6.07, 6.45) is 0. The van der Waals surface area contributed by atoms with Crippen molar-refractivity contribution in [2.75, 3.05) is 18.9 Å². The number of hydrogen-bond donors (Lipinski definition) is 7. The molecule has 0 aromatic rings. The average molecular weight is 336 g/mol. The summed E-state index contributed by atoms with van der Waals surface area (Å²) in [6.45, 7) is 0.157. The number of nitrogens with two attached hydrogens (primary N) is 1. The minimum atomic E-state index is -1.46. The largest absolute Gasteiger partial charge is 0.480 e. The van der Waals surface area contributed by atoms with Crippen LogP contribution in [0.2, 0.25) is 0 Å². The highest BCUT2D eigenvalue weighted by Gasteiger charge is 2.23. The van der Waals surface area contributed by atoms with Crippen LogP contribution >= 0.6 is 12.6 Å². The Morgan fingerprint density at radius 3 is 2.23 bits per heavy atom. The number of aliphatic hydroxyl groups excluding tert-OH is 1. The summed E-state index contributed by atoms with van der Waals surface area (Å²) in [7, 11) is 0. The molecule has 0 aliphatic heterocycles. The molecule has 126 valence electrons. The molecule has 11 heteroatoms. The van der Waals surface area contributed by atoms with Crippen LogP contribution in [0.3, 0.4) is 0 Å². The maximum Gasteiger partial charge on any atom is 0.328 e. The minimum Gasteiger partial charge on any atom is -0.480 e. The van der Waals surface area contributed by atoms with Crippen molar-refractivity contribution in [3.05, 3.63) is 0 Å². The molecule has 0 aliphatic carbocycles. The van der Waals surface area contributed by atoms with E-state index in [2.05, 4.69) is 23.3 Å². The number of amides is 3. The van der Waals surface area contributed by atoms with E-state index >= 15 is 0 Å². The van der Waals surface area contributed by atoms with Gasteiger partial charge >= 0.3 is 5.97 Å². The maximum absolute atomic E-state index is 11.6. The van der Waals surface area contributed by atoms with E-state index < -0.39 is 48.4 Å². The van der Waals surface area contributed by atoms with Crippen LogP contribution in [-0.4, -0.2) is 70.9 Å². The average Bonchev–Trinajstić information content (AvgIpc) is 2.48. The molecule has 22 heavy (non-hydrogen) atoms. The minimum absolute atomic E-state index is 0.115. The monoisotopic (exact) mass is 336 g/mol. The molecule has 0 saturated heterocycles. The van der Waals surface area contributed by atoms with Gasteiger partial charge in [-0.05, 0) is 6.92 Å². The zero-order valence-electron chi connectivity index (χ0n) is 11.9.